The number of hydrogen-bond acceptors (Lipinski definition) is 6. The number of carbonyl (C=O) groups excluding carboxylic acids is 3. The largest absolute Gasteiger partial charge is 0.462 e. The fourth-order valence-electron chi connectivity index (χ4n) is 6.80. The van der Waals surface area contributed by atoms with Gasteiger partial charge in [-0.05, 0) is 83.5 Å². The van der Waals surface area contributed by atoms with Gasteiger partial charge in [0.25, 0.3) is 0 Å². The highest BCUT2D eigenvalue weighted by Crippen LogP contribution is 2.14. The van der Waals surface area contributed by atoms with Crippen molar-refractivity contribution in [1.82, 2.24) is 0 Å². The summed E-state index contributed by atoms with van der Waals surface area (Å²) in [5.41, 5.74) is 0. The van der Waals surface area contributed by atoms with Crippen molar-refractivity contribution in [2.75, 3.05) is 13.2 Å². The summed E-state index contributed by atoms with van der Waals surface area (Å²) in [5.74, 6) is -0.932. The lowest BCUT2D eigenvalue weighted by Gasteiger charge is -2.18. The van der Waals surface area contributed by atoms with E-state index < -0.39 is 6.10 Å². The molecule has 0 aromatic heterocycles. The molecule has 0 aromatic rings. The minimum absolute atomic E-state index is 0.0866. The molecule has 0 bridgehead atoms. The predicted octanol–water partition coefficient (Wildman–Crippen LogP) is 15.9. The molecule has 58 heavy (non-hydrogen) atoms. The molecule has 336 valence electrons. The van der Waals surface area contributed by atoms with Crippen molar-refractivity contribution in [2.45, 2.75) is 252 Å². The van der Waals surface area contributed by atoms with Gasteiger partial charge in [-0.3, -0.25) is 14.4 Å². The fraction of sp³-hybridized carbons (Fsp3) is 0.788. The van der Waals surface area contributed by atoms with Crippen LogP contribution < -0.4 is 0 Å². The molecule has 0 saturated carbocycles. The normalized spacial score (nSPS) is 12.4. The van der Waals surface area contributed by atoms with Gasteiger partial charge in [0.2, 0.25) is 0 Å². The second-order valence-corrected chi connectivity index (χ2v) is 16.4. The summed E-state index contributed by atoms with van der Waals surface area (Å²) < 4.78 is 16.7. The van der Waals surface area contributed by atoms with E-state index in [1.165, 1.54) is 122 Å². The van der Waals surface area contributed by atoms with Crippen LogP contribution in [0.2, 0.25) is 0 Å². The summed E-state index contributed by atoms with van der Waals surface area (Å²) in [6, 6.07) is 0. The van der Waals surface area contributed by atoms with Crippen LogP contribution in [-0.4, -0.2) is 37.2 Å². The van der Waals surface area contributed by atoms with Crippen LogP contribution in [0.25, 0.3) is 0 Å². The first-order valence-corrected chi connectivity index (χ1v) is 24.6. The van der Waals surface area contributed by atoms with E-state index >= 15 is 0 Å². The maximum Gasteiger partial charge on any atom is 0.306 e. The van der Waals surface area contributed by atoms with Crippen molar-refractivity contribution in [3.8, 4) is 0 Å². The van der Waals surface area contributed by atoms with Gasteiger partial charge in [-0.2, -0.15) is 0 Å². The van der Waals surface area contributed by atoms with E-state index in [1.807, 2.05) is 0 Å². The molecule has 0 heterocycles. The maximum atomic E-state index is 12.7. The molecular weight excluding hydrogens is 721 g/mol. The van der Waals surface area contributed by atoms with Gasteiger partial charge < -0.3 is 14.2 Å². The molecule has 0 unspecified atom stereocenters. The summed E-state index contributed by atoms with van der Waals surface area (Å²) in [5, 5.41) is 0. The van der Waals surface area contributed by atoms with E-state index in [9.17, 15) is 14.4 Å². The van der Waals surface area contributed by atoms with Crippen molar-refractivity contribution >= 4 is 17.9 Å². The smallest absolute Gasteiger partial charge is 0.306 e. The van der Waals surface area contributed by atoms with Crippen molar-refractivity contribution in [1.29, 1.82) is 0 Å². The molecule has 6 heteroatoms. The molecule has 0 aliphatic rings. The first-order valence-electron chi connectivity index (χ1n) is 24.6. The third-order valence-corrected chi connectivity index (χ3v) is 10.6. The number of rotatable bonds is 44. The third-order valence-electron chi connectivity index (χ3n) is 10.6. The highest BCUT2D eigenvalue weighted by Gasteiger charge is 2.19. The lowest BCUT2D eigenvalue weighted by molar-refractivity contribution is -0.167. The first kappa shape index (κ1) is 55.4. The molecule has 0 radical (unpaired) electrons. The van der Waals surface area contributed by atoms with Gasteiger partial charge in [0, 0.05) is 19.3 Å². The van der Waals surface area contributed by atoms with Crippen molar-refractivity contribution in [3.05, 3.63) is 48.6 Å². The first-order chi connectivity index (χ1) is 28.5. The molecule has 0 aliphatic carbocycles. The highest BCUT2D eigenvalue weighted by molar-refractivity contribution is 5.71. The standard InChI is InChI=1S/C52H92O6/c1-4-7-10-13-16-19-22-25-26-28-30-33-36-39-42-45-51(54)57-48-49(47-56-50(53)44-41-38-35-32-29-24-21-18-15-12-9-6-3)58-52(55)46-43-40-37-34-31-27-23-20-17-14-11-8-5-2/h16,19-20,23,25-26,30,33,49H,4-15,17-18,21-22,24,27-29,31-32,34-48H2,1-3H3/b19-16-,23-20-,26-25-,33-30-/t49-/m1/s1. The molecule has 1 atom stereocenters. The minimum atomic E-state index is -0.788. The van der Waals surface area contributed by atoms with Gasteiger partial charge in [0.15, 0.2) is 6.10 Å². The Morgan fingerprint density at radius 3 is 1.07 bits per heavy atom. The van der Waals surface area contributed by atoms with E-state index in [0.717, 1.165) is 83.5 Å². The minimum Gasteiger partial charge on any atom is -0.462 e. The Morgan fingerprint density at radius 2 is 0.621 bits per heavy atom. The molecule has 0 rings (SSSR count). The van der Waals surface area contributed by atoms with Crippen LogP contribution in [-0.2, 0) is 28.6 Å². The molecule has 0 amide bonds. The second-order valence-electron chi connectivity index (χ2n) is 16.4. The zero-order valence-electron chi connectivity index (χ0n) is 38.3. The van der Waals surface area contributed by atoms with E-state index in [2.05, 4.69) is 69.4 Å². The molecule has 0 aromatic carbocycles. The molecule has 6 nitrogen and oxygen atoms in total. The third kappa shape index (κ3) is 44.5. The molecule has 0 spiro atoms. The van der Waals surface area contributed by atoms with E-state index in [-0.39, 0.29) is 31.1 Å². The number of ether oxygens (including phenoxy) is 3. The topological polar surface area (TPSA) is 78.9 Å². The Kier molecular flexibility index (Phi) is 44.9. The molecular formula is C52H92O6. The van der Waals surface area contributed by atoms with Gasteiger partial charge in [0.1, 0.15) is 13.2 Å². The number of hydrogen-bond donors (Lipinski definition) is 0. The van der Waals surface area contributed by atoms with E-state index in [1.54, 1.807) is 0 Å². The van der Waals surface area contributed by atoms with Crippen LogP contribution in [0.3, 0.4) is 0 Å². The average molecular weight is 813 g/mol. The van der Waals surface area contributed by atoms with Crippen LogP contribution >= 0.6 is 0 Å². The fourth-order valence-corrected chi connectivity index (χ4v) is 6.80. The number of esters is 3. The quantitative estimate of drug-likeness (QED) is 0.0264. The van der Waals surface area contributed by atoms with Gasteiger partial charge in [-0.15, -0.1) is 0 Å². The van der Waals surface area contributed by atoms with Crippen LogP contribution in [0.15, 0.2) is 48.6 Å². The van der Waals surface area contributed by atoms with Gasteiger partial charge in [0.05, 0.1) is 0 Å². The zero-order valence-corrected chi connectivity index (χ0v) is 38.3. The molecule has 0 N–H and O–H groups in total. The summed E-state index contributed by atoms with van der Waals surface area (Å²) >= 11 is 0. The Bertz CT molecular complexity index is 1030. The Balaban J connectivity index is 4.44. The average Bonchev–Trinajstić information content (AvgIpc) is 3.22. The SMILES string of the molecule is CCCCC/C=C\C/C=C\C/C=C\CCCCC(=O)OC[C@@H](COC(=O)CCCCCCCCCCCCCC)OC(=O)CCCCCCC/C=C\CCCCCC. The zero-order chi connectivity index (χ0) is 42.3. The number of carbonyl (C=O) groups is 3. The lowest BCUT2D eigenvalue weighted by atomic mass is 10.0. The van der Waals surface area contributed by atoms with E-state index in [0.29, 0.717) is 19.3 Å². The summed E-state index contributed by atoms with van der Waals surface area (Å²) in [6.45, 7) is 6.55. The van der Waals surface area contributed by atoms with Crippen LogP contribution in [0.4, 0.5) is 0 Å². The Hall–Kier alpha value is -2.63. The van der Waals surface area contributed by atoms with Gasteiger partial charge in [-0.1, -0.05) is 191 Å². The maximum absolute atomic E-state index is 12.7. The van der Waals surface area contributed by atoms with Crippen molar-refractivity contribution < 1.29 is 28.6 Å². The second kappa shape index (κ2) is 47.1. The number of allylic oxidation sites excluding steroid dienone is 8. The number of unbranched alkanes of at least 4 members (excludes halogenated alkanes) is 25. The molecule has 0 aliphatic heterocycles. The van der Waals surface area contributed by atoms with Crippen molar-refractivity contribution in [2.24, 2.45) is 0 Å². The molecule has 0 fully saturated rings. The van der Waals surface area contributed by atoms with Crippen LogP contribution in [0.1, 0.15) is 245 Å². The Morgan fingerprint density at radius 1 is 0.345 bits per heavy atom. The highest BCUT2D eigenvalue weighted by atomic mass is 16.6. The summed E-state index contributed by atoms with van der Waals surface area (Å²) in [6.07, 6.45) is 55.2. The Labute approximate surface area is 358 Å². The summed E-state index contributed by atoms with van der Waals surface area (Å²) in [7, 11) is 0. The summed E-state index contributed by atoms with van der Waals surface area (Å²) in [4.78, 5) is 37.8. The lowest BCUT2D eigenvalue weighted by Crippen LogP contribution is -2.30. The van der Waals surface area contributed by atoms with Crippen LogP contribution in [0.5, 0.6) is 0 Å². The van der Waals surface area contributed by atoms with Crippen molar-refractivity contribution in [3.63, 3.8) is 0 Å². The molecule has 0 saturated heterocycles. The predicted molar refractivity (Wildman–Crippen MR) is 247 cm³/mol. The van der Waals surface area contributed by atoms with Gasteiger partial charge >= 0.3 is 17.9 Å². The van der Waals surface area contributed by atoms with Crippen LogP contribution in [0, 0.1) is 0 Å². The van der Waals surface area contributed by atoms with Gasteiger partial charge in [-0.25, -0.2) is 0 Å². The van der Waals surface area contributed by atoms with E-state index in [4.69, 9.17) is 14.2 Å². The monoisotopic (exact) mass is 813 g/mol.